The summed E-state index contributed by atoms with van der Waals surface area (Å²) in [6.45, 7) is 7.68. The molecule has 2 atom stereocenters. The highest BCUT2D eigenvalue weighted by molar-refractivity contribution is 5.97. The van der Waals surface area contributed by atoms with E-state index in [2.05, 4.69) is 29.8 Å². The minimum Gasteiger partial charge on any atom is -0.337 e. The molecule has 0 spiro atoms. The summed E-state index contributed by atoms with van der Waals surface area (Å²) >= 11 is 0. The first-order chi connectivity index (χ1) is 13.0. The van der Waals surface area contributed by atoms with Crippen LogP contribution in [-0.2, 0) is 0 Å². The lowest BCUT2D eigenvalue weighted by molar-refractivity contribution is 0.0739. The SMILES string of the molecule is CC(C)=CCN1C[C@H]2CC[C@@H]1CN(C(=O)c1cc3ccccc3[nH]c1=O)C2. The quantitative estimate of drug-likeness (QED) is 0.851. The Balaban J connectivity index is 1.59. The van der Waals surface area contributed by atoms with Crippen molar-refractivity contribution >= 4 is 16.8 Å². The first-order valence-electron chi connectivity index (χ1n) is 9.80. The molecule has 3 fully saturated rings. The fourth-order valence-corrected chi connectivity index (χ4v) is 4.34. The number of carbonyl (C=O) groups is 1. The Morgan fingerprint density at radius 2 is 2.00 bits per heavy atom. The highest BCUT2D eigenvalue weighted by Crippen LogP contribution is 2.28. The van der Waals surface area contributed by atoms with Crippen molar-refractivity contribution in [1.29, 1.82) is 0 Å². The number of hydrogen-bond acceptors (Lipinski definition) is 3. The summed E-state index contributed by atoms with van der Waals surface area (Å²) < 4.78 is 0. The number of aromatic nitrogens is 1. The lowest BCUT2D eigenvalue weighted by atomic mass is 9.95. The van der Waals surface area contributed by atoms with E-state index in [1.807, 2.05) is 29.2 Å². The van der Waals surface area contributed by atoms with Gasteiger partial charge in [-0.2, -0.15) is 0 Å². The predicted octanol–water partition coefficient (Wildman–Crippen LogP) is 3.03. The van der Waals surface area contributed by atoms with Gasteiger partial charge in [0.25, 0.3) is 11.5 Å². The molecule has 142 valence electrons. The number of nitrogens with zero attached hydrogens (tertiary/aromatic N) is 2. The van der Waals surface area contributed by atoms with E-state index in [0.29, 0.717) is 18.5 Å². The van der Waals surface area contributed by atoms with E-state index in [1.165, 1.54) is 5.57 Å². The van der Waals surface area contributed by atoms with E-state index in [4.69, 9.17) is 0 Å². The largest absolute Gasteiger partial charge is 0.337 e. The number of nitrogens with one attached hydrogen (secondary N) is 1. The standard InChI is InChI=1S/C22H27N3O2/c1-15(2)9-10-24-12-16-7-8-18(24)14-25(13-16)22(27)19-11-17-5-3-4-6-20(17)23-21(19)26/h3-6,9,11,16,18H,7-8,10,12-14H2,1-2H3,(H,23,26)/t16-,18-/m1/s1. The summed E-state index contributed by atoms with van der Waals surface area (Å²) in [6, 6.07) is 9.70. The maximum atomic E-state index is 13.2. The average molecular weight is 365 g/mol. The van der Waals surface area contributed by atoms with Gasteiger partial charge in [-0.25, -0.2) is 0 Å². The maximum absolute atomic E-state index is 13.2. The van der Waals surface area contributed by atoms with Gasteiger partial charge in [-0.15, -0.1) is 0 Å². The number of rotatable bonds is 3. The first kappa shape index (κ1) is 18.0. The van der Waals surface area contributed by atoms with E-state index >= 15 is 0 Å². The Morgan fingerprint density at radius 3 is 2.81 bits per heavy atom. The second kappa shape index (κ2) is 7.31. The highest BCUT2D eigenvalue weighted by atomic mass is 16.2. The van der Waals surface area contributed by atoms with Gasteiger partial charge in [-0.05, 0) is 50.1 Å². The number of allylic oxidation sites excluding steroid dienone is 1. The van der Waals surface area contributed by atoms with Crippen molar-refractivity contribution in [3.63, 3.8) is 0 Å². The molecule has 5 heteroatoms. The van der Waals surface area contributed by atoms with Crippen LogP contribution in [0.4, 0.5) is 0 Å². The van der Waals surface area contributed by atoms with Crippen molar-refractivity contribution in [3.8, 4) is 0 Å². The van der Waals surface area contributed by atoms with Crippen LogP contribution < -0.4 is 5.56 Å². The molecule has 0 saturated carbocycles. The van der Waals surface area contributed by atoms with Crippen LogP contribution >= 0.6 is 0 Å². The van der Waals surface area contributed by atoms with Crippen molar-refractivity contribution in [2.24, 2.45) is 5.92 Å². The van der Waals surface area contributed by atoms with Crippen LogP contribution in [0.5, 0.6) is 0 Å². The third-order valence-corrected chi connectivity index (χ3v) is 5.83. The summed E-state index contributed by atoms with van der Waals surface area (Å²) in [5.41, 5.74) is 2.05. The number of piperidine rings is 1. The molecule has 0 radical (unpaired) electrons. The Morgan fingerprint density at radius 1 is 1.19 bits per heavy atom. The predicted molar refractivity (Wildman–Crippen MR) is 108 cm³/mol. The number of fused-ring (bicyclic) bond motifs is 5. The maximum Gasteiger partial charge on any atom is 0.261 e. The van der Waals surface area contributed by atoms with Crippen LogP contribution in [0.25, 0.3) is 10.9 Å². The van der Waals surface area contributed by atoms with Gasteiger partial charge in [0.05, 0.1) is 0 Å². The van der Waals surface area contributed by atoms with Crippen LogP contribution in [0.2, 0.25) is 0 Å². The normalized spacial score (nSPS) is 22.7. The number of H-pyrrole nitrogens is 1. The summed E-state index contributed by atoms with van der Waals surface area (Å²) in [4.78, 5) is 32.9. The molecule has 0 aliphatic carbocycles. The zero-order valence-electron chi connectivity index (χ0n) is 16.1. The lowest BCUT2D eigenvalue weighted by Gasteiger charge is -2.35. The molecule has 2 aromatic rings. The molecule has 4 heterocycles. The number of pyridine rings is 1. The molecule has 1 aromatic carbocycles. The summed E-state index contributed by atoms with van der Waals surface area (Å²) in [7, 11) is 0. The molecule has 3 aliphatic rings. The van der Waals surface area contributed by atoms with E-state index in [0.717, 1.165) is 43.4 Å². The van der Waals surface area contributed by atoms with Gasteiger partial charge >= 0.3 is 0 Å². The molecule has 1 aromatic heterocycles. The average Bonchev–Trinajstić information content (AvgIpc) is 2.97. The monoisotopic (exact) mass is 365 g/mol. The van der Waals surface area contributed by atoms with Crippen LogP contribution in [-0.4, -0.2) is 52.9 Å². The van der Waals surface area contributed by atoms with Gasteiger partial charge < -0.3 is 9.88 Å². The van der Waals surface area contributed by atoms with Crippen LogP contribution in [0, 0.1) is 5.92 Å². The van der Waals surface area contributed by atoms with Crippen molar-refractivity contribution in [2.45, 2.75) is 32.7 Å². The molecule has 1 N–H and O–H groups in total. The Kier molecular flexibility index (Phi) is 4.87. The number of carbonyl (C=O) groups excluding carboxylic acids is 1. The van der Waals surface area contributed by atoms with E-state index in [1.54, 1.807) is 6.07 Å². The number of amides is 1. The zero-order chi connectivity index (χ0) is 19.0. The topological polar surface area (TPSA) is 56.4 Å². The molecular formula is C22H27N3O2. The van der Waals surface area contributed by atoms with Crippen molar-refractivity contribution in [1.82, 2.24) is 14.8 Å². The number of benzene rings is 1. The van der Waals surface area contributed by atoms with Crippen molar-refractivity contribution < 1.29 is 4.79 Å². The summed E-state index contributed by atoms with van der Waals surface area (Å²) in [6.07, 6.45) is 4.55. The number of hydrogen-bond donors (Lipinski definition) is 1. The van der Waals surface area contributed by atoms with Gasteiger partial charge in [0.15, 0.2) is 0 Å². The van der Waals surface area contributed by atoms with Gasteiger partial charge in [0.2, 0.25) is 0 Å². The molecule has 0 unspecified atom stereocenters. The molecule has 3 saturated heterocycles. The molecule has 2 bridgehead atoms. The molecule has 5 nitrogen and oxygen atoms in total. The van der Waals surface area contributed by atoms with Crippen molar-refractivity contribution in [3.05, 3.63) is 57.9 Å². The smallest absolute Gasteiger partial charge is 0.261 e. The fourth-order valence-electron chi connectivity index (χ4n) is 4.34. The van der Waals surface area contributed by atoms with Crippen LogP contribution in [0.3, 0.4) is 0 Å². The van der Waals surface area contributed by atoms with Gasteiger partial charge in [-0.1, -0.05) is 29.8 Å². The minimum absolute atomic E-state index is 0.136. The molecule has 3 aliphatic heterocycles. The van der Waals surface area contributed by atoms with E-state index in [9.17, 15) is 9.59 Å². The summed E-state index contributed by atoms with van der Waals surface area (Å²) in [5.74, 6) is 0.348. The molecule has 5 rings (SSSR count). The Labute approximate surface area is 159 Å². The van der Waals surface area contributed by atoms with Gasteiger partial charge in [0, 0.05) is 37.7 Å². The van der Waals surface area contributed by atoms with E-state index in [-0.39, 0.29) is 17.0 Å². The van der Waals surface area contributed by atoms with E-state index < -0.39 is 0 Å². The van der Waals surface area contributed by atoms with Gasteiger partial charge in [0.1, 0.15) is 5.56 Å². The van der Waals surface area contributed by atoms with Crippen LogP contribution in [0.1, 0.15) is 37.0 Å². The number of aromatic amines is 1. The highest BCUT2D eigenvalue weighted by Gasteiger charge is 2.36. The fraction of sp³-hybridized carbons (Fsp3) is 0.455. The zero-order valence-corrected chi connectivity index (χ0v) is 16.1. The second-order valence-electron chi connectivity index (χ2n) is 8.14. The van der Waals surface area contributed by atoms with Gasteiger partial charge in [-0.3, -0.25) is 14.5 Å². The molecular weight excluding hydrogens is 338 g/mol. The first-order valence-corrected chi connectivity index (χ1v) is 9.80. The Bertz CT molecular complexity index is 942. The molecule has 1 amide bonds. The van der Waals surface area contributed by atoms with Crippen LogP contribution in [0.15, 0.2) is 46.8 Å². The minimum atomic E-state index is -0.295. The third kappa shape index (κ3) is 3.69. The third-order valence-electron chi connectivity index (χ3n) is 5.83. The number of para-hydroxylation sites is 1. The Hall–Kier alpha value is -2.40. The van der Waals surface area contributed by atoms with Crippen molar-refractivity contribution in [2.75, 3.05) is 26.2 Å². The lowest BCUT2D eigenvalue weighted by Crippen LogP contribution is -2.44. The second-order valence-corrected chi connectivity index (χ2v) is 8.14. The molecule has 27 heavy (non-hydrogen) atoms. The summed E-state index contributed by atoms with van der Waals surface area (Å²) in [5, 5.41) is 0.892.